The molecule has 1 saturated carbocycles. The van der Waals surface area contributed by atoms with Crippen molar-refractivity contribution in [3.05, 3.63) is 70.8 Å². The molecule has 0 aliphatic heterocycles. The first-order valence-electron chi connectivity index (χ1n) is 13.7. The molecule has 4 aromatic rings. The number of esters is 1. The highest BCUT2D eigenvalue weighted by Gasteiger charge is 2.26. The van der Waals surface area contributed by atoms with E-state index in [2.05, 4.69) is 45.2 Å². The van der Waals surface area contributed by atoms with Gasteiger partial charge in [-0.15, -0.1) is 0 Å². The molecule has 40 heavy (non-hydrogen) atoms. The Hall–Kier alpha value is -3.52. The lowest BCUT2D eigenvalue weighted by Gasteiger charge is -2.28. The zero-order valence-corrected chi connectivity index (χ0v) is 24.9. The van der Waals surface area contributed by atoms with Crippen molar-refractivity contribution in [1.82, 2.24) is 14.5 Å². The van der Waals surface area contributed by atoms with Gasteiger partial charge in [-0.1, -0.05) is 48.5 Å². The van der Waals surface area contributed by atoms with Crippen molar-refractivity contribution in [3.63, 3.8) is 0 Å². The van der Waals surface area contributed by atoms with Crippen molar-refractivity contribution in [1.29, 1.82) is 0 Å². The molecule has 2 aromatic heterocycles. The van der Waals surface area contributed by atoms with Gasteiger partial charge < -0.3 is 9.47 Å². The highest BCUT2D eigenvalue weighted by molar-refractivity contribution is 9.10. The molecule has 5 rings (SSSR count). The van der Waals surface area contributed by atoms with Crippen LogP contribution in [0.25, 0.3) is 33.7 Å². The van der Waals surface area contributed by atoms with Crippen LogP contribution in [-0.4, -0.2) is 39.3 Å². The summed E-state index contributed by atoms with van der Waals surface area (Å²) in [7, 11) is 1.46. The van der Waals surface area contributed by atoms with Crippen LogP contribution < -0.4 is 0 Å². The number of fused-ring (bicyclic) bond motifs is 1. The van der Waals surface area contributed by atoms with Gasteiger partial charge in [0, 0.05) is 22.7 Å². The molecular formula is C32H34BrN3O4. The van der Waals surface area contributed by atoms with Crippen LogP contribution in [0.1, 0.15) is 64.4 Å². The summed E-state index contributed by atoms with van der Waals surface area (Å²) in [6.07, 6.45) is 5.97. The molecule has 7 nitrogen and oxygen atoms in total. The number of nitrogens with zero attached hydrogens (tertiary/aromatic N) is 3. The Kier molecular flexibility index (Phi) is 8.08. The van der Waals surface area contributed by atoms with Gasteiger partial charge in [-0.3, -0.25) is 4.79 Å². The molecule has 0 bridgehead atoms. The molecule has 208 valence electrons. The third-order valence-electron chi connectivity index (χ3n) is 7.43. The van der Waals surface area contributed by atoms with E-state index in [1.54, 1.807) is 6.20 Å². The van der Waals surface area contributed by atoms with Crippen molar-refractivity contribution in [2.75, 3.05) is 7.11 Å². The Morgan fingerprint density at radius 2 is 1.55 bits per heavy atom. The van der Waals surface area contributed by atoms with Gasteiger partial charge >= 0.3 is 12.1 Å². The fourth-order valence-electron chi connectivity index (χ4n) is 5.39. The van der Waals surface area contributed by atoms with E-state index in [9.17, 15) is 9.59 Å². The molecule has 1 fully saturated rings. The van der Waals surface area contributed by atoms with Gasteiger partial charge in [0.15, 0.2) is 11.5 Å². The number of pyridine rings is 1. The fraction of sp³-hybridized carbons (Fsp3) is 0.375. The number of aromatic nitrogens is 3. The number of carbonyl (C=O) groups is 2. The number of hydrogen-bond acceptors (Lipinski definition) is 6. The summed E-state index contributed by atoms with van der Waals surface area (Å²) in [4.78, 5) is 33.9. The molecule has 0 radical (unpaired) electrons. The van der Waals surface area contributed by atoms with Gasteiger partial charge in [-0.2, -0.15) is 0 Å². The van der Waals surface area contributed by atoms with Crippen LogP contribution in [-0.2, 0) is 14.3 Å². The second-order valence-electron chi connectivity index (χ2n) is 11.4. The fourth-order valence-corrected chi connectivity index (χ4v) is 5.71. The Bertz CT molecular complexity index is 1510. The van der Waals surface area contributed by atoms with E-state index >= 15 is 0 Å². The Balaban J connectivity index is 1.34. The average molecular weight is 605 g/mol. The highest BCUT2D eigenvalue weighted by atomic mass is 79.9. The maximum Gasteiger partial charge on any atom is 0.422 e. The maximum atomic E-state index is 13.2. The largest absolute Gasteiger partial charge is 0.469 e. The van der Waals surface area contributed by atoms with Crippen LogP contribution >= 0.6 is 15.9 Å². The predicted octanol–water partition coefficient (Wildman–Crippen LogP) is 8.15. The van der Waals surface area contributed by atoms with Crippen LogP contribution in [0.5, 0.6) is 0 Å². The zero-order chi connectivity index (χ0) is 28.4. The van der Waals surface area contributed by atoms with Crippen LogP contribution in [0.3, 0.4) is 0 Å². The number of ether oxygens (including phenoxy) is 2. The van der Waals surface area contributed by atoms with Gasteiger partial charge in [0.1, 0.15) is 11.1 Å². The molecule has 2 aromatic carbocycles. The first-order valence-corrected chi connectivity index (χ1v) is 14.5. The quantitative estimate of drug-likeness (QED) is 0.214. The number of imidazole rings is 1. The summed E-state index contributed by atoms with van der Waals surface area (Å²) < 4.78 is 12.7. The van der Waals surface area contributed by atoms with E-state index in [4.69, 9.17) is 14.5 Å². The summed E-state index contributed by atoms with van der Waals surface area (Å²) in [6, 6.07) is 18.7. The molecule has 1 aliphatic carbocycles. The van der Waals surface area contributed by atoms with Crippen LogP contribution in [0.4, 0.5) is 4.79 Å². The molecule has 2 heterocycles. The molecule has 0 amide bonds. The van der Waals surface area contributed by atoms with Crippen molar-refractivity contribution in [2.24, 2.45) is 5.92 Å². The standard InChI is InChI=1S/C32H34BrN3O4/c1-32(2,3)40-31(38)36-29(35-27-18-26(33)19-34-30(27)36)25-15-13-24(14-16-25)23-11-9-22(10-12-23)21-7-5-20(6-8-21)17-28(37)39-4/h9-16,18-21H,5-8,17H2,1-4H3. The molecule has 0 unspecified atom stereocenters. The van der Waals surface area contributed by atoms with Crippen molar-refractivity contribution in [3.8, 4) is 22.5 Å². The number of hydrogen-bond donors (Lipinski definition) is 0. The van der Waals surface area contributed by atoms with Gasteiger partial charge in [-0.05, 0) is 97.0 Å². The van der Waals surface area contributed by atoms with Gasteiger partial charge in [-0.25, -0.2) is 19.3 Å². The number of carbonyl (C=O) groups excluding carboxylic acids is 2. The third-order valence-corrected chi connectivity index (χ3v) is 7.86. The summed E-state index contributed by atoms with van der Waals surface area (Å²) in [5, 5.41) is 0. The zero-order valence-electron chi connectivity index (χ0n) is 23.3. The molecule has 8 heteroatoms. The number of halogens is 1. The number of rotatable bonds is 5. The third kappa shape index (κ3) is 6.28. The molecule has 0 saturated heterocycles. The molecule has 0 N–H and O–H groups in total. The molecule has 0 atom stereocenters. The summed E-state index contributed by atoms with van der Waals surface area (Å²) in [6.45, 7) is 5.51. The number of benzene rings is 2. The Morgan fingerprint density at radius 1 is 0.950 bits per heavy atom. The smallest absolute Gasteiger partial charge is 0.422 e. The lowest BCUT2D eigenvalue weighted by atomic mass is 9.77. The Morgan fingerprint density at radius 3 is 2.15 bits per heavy atom. The Labute approximate surface area is 243 Å². The van der Waals surface area contributed by atoms with Crippen molar-refractivity contribution < 1.29 is 19.1 Å². The van der Waals surface area contributed by atoms with Gasteiger partial charge in [0.05, 0.1) is 7.11 Å². The average Bonchev–Trinajstić information content (AvgIpc) is 3.31. The van der Waals surface area contributed by atoms with Crippen LogP contribution in [0, 0.1) is 5.92 Å². The summed E-state index contributed by atoms with van der Waals surface area (Å²) in [5.74, 6) is 1.34. The number of methoxy groups -OCH3 is 1. The maximum absolute atomic E-state index is 13.2. The highest BCUT2D eigenvalue weighted by Crippen LogP contribution is 2.38. The van der Waals surface area contributed by atoms with E-state index in [1.165, 1.54) is 17.2 Å². The van der Waals surface area contributed by atoms with Crippen molar-refractivity contribution in [2.45, 2.75) is 64.4 Å². The minimum Gasteiger partial charge on any atom is -0.469 e. The van der Waals surface area contributed by atoms with Gasteiger partial charge in [0.2, 0.25) is 0 Å². The van der Waals surface area contributed by atoms with E-state index in [1.807, 2.05) is 51.1 Å². The topological polar surface area (TPSA) is 83.3 Å². The second-order valence-corrected chi connectivity index (χ2v) is 12.4. The minimum absolute atomic E-state index is 0.106. The molecule has 0 spiro atoms. The first-order chi connectivity index (χ1) is 19.1. The normalized spacial score (nSPS) is 17.5. The van der Waals surface area contributed by atoms with Crippen LogP contribution in [0.15, 0.2) is 65.3 Å². The summed E-state index contributed by atoms with van der Waals surface area (Å²) >= 11 is 3.44. The summed E-state index contributed by atoms with van der Waals surface area (Å²) in [5.41, 5.74) is 4.75. The van der Waals surface area contributed by atoms with E-state index in [0.717, 1.165) is 46.8 Å². The SMILES string of the molecule is COC(=O)CC1CCC(c2ccc(-c3ccc(-c4nc5cc(Br)cnc5n4C(=O)OC(C)(C)C)cc3)cc2)CC1. The van der Waals surface area contributed by atoms with Crippen LogP contribution in [0.2, 0.25) is 0 Å². The second kappa shape index (κ2) is 11.5. The molecular weight excluding hydrogens is 570 g/mol. The van der Waals surface area contributed by atoms with E-state index in [-0.39, 0.29) is 5.97 Å². The predicted molar refractivity (Wildman–Crippen MR) is 159 cm³/mol. The first kappa shape index (κ1) is 28.0. The van der Waals surface area contributed by atoms with Gasteiger partial charge in [0.25, 0.3) is 0 Å². The molecule has 1 aliphatic rings. The lowest BCUT2D eigenvalue weighted by Crippen LogP contribution is -2.27. The van der Waals surface area contributed by atoms with E-state index in [0.29, 0.717) is 35.2 Å². The van der Waals surface area contributed by atoms with E-state index < -0.39 is 11.7 Å². The lowest BCUT2D eigenvalue weighted by molar-refractivity contribution is -0.142. The van der Waals surface area contributed by atoms with Crippen molar-refractivity contribution >= 4 is 39.2 Å². The minimum atomic E-state index is -0.654. The monoisotopic (exact) mass is 603 g/mol.